The quantitative estimate of drug-likeness (QED) is 0.326. The van der Waals surface area contributed by atoms with Gasteiger partial charge in [-0.25, -0.2) is 0 Å². The Morgan fingerprint density at radius 3 is 2.60 bits per heavy atom. The number of aryl methyl sites for hydroxylation is 1. The van der Waals surface area contributed by atoms with E-state index < -0.39 is 11.8 Å². The highest BCUT2D eigenvalue weighted by molar-refractivity contribution is 7.98. The van der Waals surface area contributed by atoms with Gasteiger partial charge in [-0.3, -0.25) is 20.4 Å². The lowest BCUT2D eigenvalue weighted by atomic mass is 10.1. The molecule has 0 aliphatic heterocycles. The fourth-order valence-corrected chi connectivity index (χ4v) is 3.81. The molecule has 0 atom stereocenters. The fourth-order valence-electron chi connectivity index (χ4n) is 2.78. The van der Waals surface area contributed by atoms with Crippen molar-refractivity contribution in [1.29, 1.82) is 0 Å². The molecule has 0 radical (unpaired) electrons. The highest BCUT2D eigenvalue weighted by atomic mass is 35.5. The maximum atomic E-state index is 12.3. The molecule has 0 spiro atoms. The molecule has 0 aliphatic rings. The van der Waals surface area contributed by atoms with Crippen molar-refractivity contribution in [3.05, 3.63) is 76.7 Å². The lowest BCUT2D eigenvalue weighted by Gasteiger charge is -2.07. The van der Waals surface area contributed by atoms with Crippen LogP contribution in [0.4, 0.5) is 0 Å². The first kappa shape index (κ1) is 20.0. The van der Waals surface area contributed by atoms with Crippen molar-refractivity contribution in [2.45, 2.75) is 10.9 Å². The van der Waals surface area contributed by atoms with Crippen molar-refractivity contribution in [1.82, 2.24) is 30.6 Å². The number of hydrogen-bond donors (Lipinski definition) is 3. The summed E-state index contributed by atoms with van der Waals surface area (Å²) in [5.41, 5.74) is 7.42. The highest BCUT2D eigenvalue weighted by Gasteiger charge is 2.12. The average Bonchev–Trinajstić information content (AvgIpc) is 3.36. The number of benzene rings is 2. The van der Waals surface area contributed by atoms with E-state index in [2.05, 4.69) is 26.0 Å². The number of thioether (sulfide) groups is 1. The zero-order valence-electron chi connectivity index (χ0n) is 15.8. The minimum Gasteiger partial charge on any atom is -0.350 e. The van der Waals surface area contributed by atoms with E-state index in [1.807, 2.05) is 23.7 Å². The van der Waals surface area contributed by atoms with Gasteiger partial charge < -0.3 is 9.55 Å². The van der Waals surface area contributed by atoms with E-state index in [-0.39, 0.29) is 0 Å². The van der Waals surface area contributed by atoms with Crippen LogP contribution in [0.15, 0.2) is 60.0 Å². The van der Waals surface area contributed by atoms with Crippen LogP contribution in [0.1, 0.15) is 26.4 Å². The van der Waals surface area contributed by atoms with E-state index in [1.165, 1.54) is 0 Å². The monoisotopic (exact) mass is 440 g/mol. The standard InChI is InChI=1S/C20H17ClN6O2S/c1-27-11-22-26-20(27)30-10-12-2-4-13(5-3-12)18(28)24-25-19(29)17-9-14-8-15(21)6-7-16(14)23-17/h2-9,11,23H,10H2,1H3,(H,24,28)(H,25,29). The number of carbonyl (C=O) groups excluding carboxylic acids is 2. The van der Waals surface area contributed by atoms with Gasteiger partial charge in [0.15, 0.2) is 5.16 Å². The Labute approximate surface area is 181 Å². The Kier molecular flexibility index (Phi) is 5.73. The maximum Gasteiger partial charge on any atom is 0.286 e. The number of fused-ring (bicyclic) bond motifs is 1. The van der Waals surface area contributed by atoms with E-state index >= 15 is 0 Å². The summed E-state index contributed by atoms with van der Waals surface area (Å²) < 4.78 is 1.84. The summed E-state index contributed by atoms with van der Waals surface area (Å²) in [6.45, 7) is 0. The summed E-state index contributed by atoms with van der Waals surface area (Å²) >= 11 is 7.52. The van der Waals surface area contributed by atoms with E-state index in [0.29, 0.717) is 22.0 Å². The molecule has 2 heterocycles. The number of carbonyl (C=O) groups is 2. The number of aromatic nitrogens is 4. The van der Waals surface area contributed by atoms with E-state index in [1.54, 1.807) is 54.5 Å². The van der Waals surface area contributed by atoms with E-state index in [9.17, 15) is 9.59 Å². The molecular weight excluding hydrogens is 424 g/mol. The van der Waals surface area contributed by atoms with Crippen LogP contribution in [0, 0.1) is 0 Å². The van der Waals surface area contributed by atoms with Gasteiger partial charge in [0.1, 0.15) is 12.0 Å². The van der Waals surface area contributed by atoms with Crippen LogP contribution < -0.4 is 10.9 Å². The van der Waals surface area contributed by atoms with Gasteiger partial charge >= 0.3 is 0 Å². The Balaban J connectivity index is 1.32. The van der Waals surface area contributed by atoms with Gasteiger partial charge in [0, 0.05) is 34.3 Å². The number of aromatic amines is 1. The molecule has 2 aromatic carbocycles. The predicted molar refractivity (Wildman–Crippen MR) is 115 cm³/mol. The lowest BCUT2D eigenvalue weighted by Crippen LogP contribution is -2.41. The molecule has 0 saturated heterocycles. The minimum atomic E-state index is -0.452. The fraction of sp³-hybridized carbons (Fsp3) is 0.100. The molecule has 4 rings (SSSR count). The molecule has 8 nitrogen and oxygen atoms in total. The van der Waals surface area contributed by atoms with E-state index in [0.717, 1.165) is 21.6 Å². The summed E-state index contributed by atoms with van der Waals surface area (Å²) in [6.07, 6.45) is 1.65. The molecular formula is C20H17ClN6O2S. The Morgan fingerprint density at radius 1 is 1.10 bits per heavy atom. The zero-order valence-corrected chi connectivity index (χ0v) is 17.4. The number of hydrogen-bond acceptors (Lipinski definition) is 5. The highest BCUT2D eigenvalue weighted by Crippen LogP contribution is 2.21. The van der Waals surface area contributed by atoms with Crippen molar-refractivity contribution >= 4 is 46.1 Å². The molecule has 0 saturated carbocycles. The Bertz CT molecular complexity index is 1220. The number of hydrazine groups is 1. The topological polar surface area (TPSA) is 105 Å². The molecule has 0 fully saturated rings. The van der Waals surface area contributed by atoms with Gasteiger partial charge in [-0.15, -0.1) is 10.2 Å². The smallest absolute Gasteiger partial charge is 0.286 e. The van der Waals surface area contributed by atoms with Crippen LogP contribution in [-0.2, 0) is 12.8 Å². The van der Waals surface area contributed by atoms with Crippen molar-refractivity contribution in [2.75, 3.05) is 0 Å². The van der Waals surface area contributed by atoms with Crippen LogP contribution in [-0.4, -0.2) is 31.6 Å². The SMILES string of the molecule is Cn1cnnc1SCc1ccc(C(=O)NNC(=O)c2cc3cc(Cl)ccc3[nH]2)cc1. The third-order valence-electron chi connectivity index (χ3n) is 4.37. The van der Waals surface area contributed by atoms with Crippen molar-refractivity contribution in [3.8, 4) is 0 Å². The first-order valence-electron chi connectivity index (χ1n) is 8.94. The summed E-state index contributed by atoms with van der Waals surface area (Å²) in [5.74, 6) is -0.155. The summed E-state index contributed by atoms with van der Waals surface area (Å²) in [6, 6.07) is 14.1. The molecule has 0 bridgehead atoms. The minimum absolute atomic E-state index is 0.323. The third-order valence-corrected chi connectivity index (χ3v) is 5.71. The molecule has 152 valence electrons. The van der Waals surface area contributed by atoms with Crippen LogP contribution in [0.25, 0.3) is 10.9 Å². The second kappa shape index (κ2) is 8.60. The zero-order chi connectivity index (χ0) is 21.1. The van der Waals surface area contributed by atoms with Crippen LogP contribution in [0.2, 0.25) is 5.02 Å². The van der Waals surface area contributed by atoms with Gasteiger partial charge in [0.25, 0.3) is 11.8 Å². The van der Waals surface area contributed by atoms with Crippen LogP contribution >= 0.6 is 23.4 Å². The van der Waals surface area contributed by atoms with Crippen LogP contribution in [0.5, 0.6) is 0 Å². The largest absolute Gasteiger partial charge is 0.350 e. The van der Waals surface area contributed by atoms with Gasteiger partial charge in [0.05, 0.1) is 0 Å². The average molecular weight is 441 g/mol. The predicted octanol–water partition coefficient (Wildman–Crippen LogP) is 3.32. The number of amides is 2. The molecule has 2 aromatic heterocycles. The molecule has 2 amide bonds. The van der Waals surface area contributed by atoms with Gasteiger partial charge in [-0.2, -0.15) is 0 Å². The van der Waals surface area contributed by atoms with Gasteiger partial charge in [-0.05, 0) is 42.0 Å². The molecule has 4 aromatic rings. The molecule has 0 aliphatic carbocycles. The van der Waals surface area contributed by atoms with E-state index in [4.69, 9.17) is 11.6 Å². The Hall–Kier alpha value is -3.30. The number of nitrogens with one attached hydrogen (secondary N) is 3. The van der Waals surface area contributed by atoms with Crippen molar-refractivity contribution in [2.24, 2.45) is 7.05 Å². The number of rotatable bonds is 5. The number of nitrogens with zero attached hydrogens (tertiary/aromatic N) is 3. The van der Waals surface area contributed by atoms with Gasteiger partial charge in [-0.1, -0.05) is 35.5 Å². The lowest BCUT2D eigenvalue weighted by molar-refractivity contribution is 0.0844. The van der Waals surface area contributed by atoms with Gasteiger partial charge in [0.2, 0.25) is 0 Å². The number of halogens is 1. The van der Waals surface area contributed by atoms with Crippen molar-refractivity contribution in [3.63, 3.8) is 0 Å². The summed E-state index contributed by atoms with van der Waals surface area (Å²) in [5, 5.41) is 10.1. The normalized spacial score (nSPS) is 10.9. The summed E-state index contributed by atoms with van der Waals surface area (Å²) in [7, 11) is 1.88. The molecule has 3 N–H and O–H groups in total. The molecule has 10 heteroatoms. The second-order valence-corrected chi connectivity index (χ2v) is 7.91. The number of H-pyrrole nitrogens is 1. The molecule has 30 heavy (non-hydrogen) atoms. The first-order chi connectivity index (χ1) is 14.5. The van der Waals surface area contributed by atoms with Crippen molar-refractivity contribution < 1.29 is 9.59 Å². The Morgan fingerprint density at radius 2 is 1.87 bits per heavy atom. The maximum absolute atomic E-state index is 12.3. The first-order valence-corrected chi connectivity index (χ1v) is 10.3. The van der Waals surface area contributed by atoms with Crippen LogP contribution in [0.3, 0.4) is 0 Å². The third kappa shape index (κ3) is 4.47. The second-order valence-electron chi connectivity index (χ2n) is 6.53. The summed E-state index contributed by atoms with van der Waals surface area (Å²) in [4.78, 5) is 27.6. The molecule has 0 unspecified atom stereocenters.